The summed E-state index contributed by atoms with van der Waals surface area (Å²) in [4.78, 5) is 0.270. The highest BCUT2D eigenvalue weighted by Gasteiger charge is 2.07. The lowest BCUT2D eigenvalue weighted by atomic mass is 10.2. The fourth-order valence-electron chi connectivity index (χ4n) is 1.54. The van der Waals surface area contributed by atoms with Crippen molar-refractivity contribution in [2.45, 2.75) is 0 Å². The lowest BCUT2D eigenvalue weighted by molar-refractivity contribution is 0.586. The smallest absolute Gasteiger partial charge is 0.149 e. The van der Waals surface area contributed by atoms with E-state index in [1.165, 1.54) is 12.1 Å². The van der Waals surface area contributed by atoms with Crippen LogP contribution in [0.1, 0.15) is 5.56 Å². The van der Waals surface area contributed by atoms with Crippen molar-refractivity contribution in [3.63, 3.8) is 0 Å². The summed E-state index contributed by atoms with van der Waals surface area (Å²) < 4.78 is 27.0. The molecule has 0 heterocycles. The van der Waals surface area contributed by atoms with E-state index in [9.17, 15) is 8.78 Å². The van der Waals surface area contributed by atoms with Gasteiger partial charge in [-0.05, 0) is 46.3 Å². The third kappa shape index (κ3) is 3.27. The summed E-state index contributed by atoms with van der Waals surface area (Å²) in [5.41, 5.74) is 7.06. The van der Waals surface area contributed by atoms with E-state index in [2.05, 4.69) is 21.2 Å². The predicted octanol–water partition coefficient (Wildman–Crippen LogP) is 4.11. The van der Waals surface area contributed by atoms with E-state index in [0.29, 0.717) is 15.7 Å². The molecule has 0 saturated carbocycles. The van der Waals surface area contributed by atoms with E-state index in [1.807, 2.05) is 0 Å². The molecule has 3 N–H and O–H groups in total. The van der Waals surface area contributed by atoms with Gasteiger partial charge in [-0.2, -0.15) is 0 Å². The third-order valence-corrected chi connectivity index (χ3v) is 3.32. The summed E-state index contributed by atoms with van der Waals surface area (Å²) in [7, 11) is 0. The molecular formula is C13H9BrF2N2S. The summed E-state index contributed by atoms with van der Waals surface area (Å²) in [5.74, 6) is -1.28. The third-order valence-electron chi connectivity index (χ3n) is 2.44. The SMILES string of the molecule is NC(=S)c1ccc(Nc2ccc(F)cc2F)cc1Br. The Labute approximate surface area is 122 Å². The molecular weight excluding hydrogens is 334 g/mol. The van der Waals surface area contributed by atoms with Crippen molar-refractivity contribution >= 4 is 44.5 Å². The first-order valence-corrected chi connectivity index (χ1v) is 6.49. The number of hydrogen-bond acceptors (Lipinski definition) is 2. The van der Waals surface area contributed by atoms with Gasteiger partial charge in [0.15, 0.2) is 0 Å². The van der Waals surface area contributed by atoms with Crippen LogP contribution in [0.2, 0.25) is 0 Å². The Kier molecular flexibility index (Phi) is 4.11. The molecule has 98 valence electrons. The molecule has 0 aliphatic heterocycles. The van der Waals surface area contributed by atoms with Gasteiger partial charge >= 0.3 is 0 Å². The molecule has 6 heteroatoms. The molecule has 0 amide bonds. The summed E-state index contributed by atoms with van der Waals surface area (Å²) in [6.07, 6.45) is 0. The zero-order chi connectivity index (χ0) is 14.0. The standard InChI is InChI=1S/C13H9BrF2N2S/c14-10-6-8(2-3-9(10)13(17)19)18-12-4-1-7(15)5-11(12)16/h1-6,18H,(H2,17,19). The average molecular weight is 343 g/mol. The van der Waals surface area contributed by atoms with Crippen molar-refractivity contribution in [2.75, 3.05) is 5.32 Å². The zero-order valence-corrected chi connectivity index (χ0v) is 12.0. The Morgan fingerprint density at radius 1 is 1.16 bits per heavy atom. The topological polar surface area (TPSA) is 38.0 Å². The molecule has 2 rings (SSSR count). The quantitative estimate of drug-likeness (QED) is 0.824. The van der Waals surface area contributed by atoms with Gasteiger partial charge in [0.25, 0.3) is 0 Å². The lowest BCUT2D eigenvalue weighted by Gasteiger charge is -2.10. The number of anilines is 2. The number of nitrogens with one attached hydrogen (secondary N) is 1. The van der Waals surface area contributed by atoms with Crippen molar-refractivity contribution in [1.82, 2.24) is 0 Å². The van der Waals surface area contributed by atoms with Gasteiger partial charge in [0.2, 0.25) is 0 Å². The second-order valence-corrected chi connectivity index (χ2v) is 5.10. The Bertz CT molecular complexity index is 647. The molecule has 2 aromatic carbocycles. The molecule has 0 aromatic heterocycles. The molecule has 0 saturated heterocycles. The van der Waals surface area contributed by atoms with Crippen LogP contribution < -0.4 is 11.1 Å². The Hall–Kier alpha value is -1.53. The first-order valence-electron chi connectivity index (χ1n) is 5.29. The number of nitrogens with two attached hydrogens (primary N) is 1. The minimum atomic E-state index is -0.658. The molecule has 0 fully saturated rings. The second-order valence-electron chi connectivity index (χ2n) is 3.81. The molecule has 2 nitrogen and oxygen atoms in total. The predicted molar refractivity (Wildman–Crippen MR) is 79.7 cm³/mol. The summed E-state index contributed by atoms with van der Waals surface area (Å²) in [6.45, 7) is 0. The van der Waals surface area contributed by atoms with E-state index in [-0.39, 0.29) is 10.7 Å². The first-order chi connectivity index (χ1) is 8.97. The fraction of sp³-hybridized carbons (Fsp3) is 0. The number of thiocarbonyl (C=S) groups is 1. The van der Waals surface area contributed by atoms with Crippen molar-refractivity contribution in [3.05, 3.63) is 58.1 Å². The summed E-state index contributed by atoms with van der Waals surface area (Å²) in [5, 5.41) is 2.85. The molecule has 19 heavy (non-hydrogen) atoms. The molecule has 0 bridgehead atoms. The van der Waals surface area contributed by atoms with Gasteiger partial charge in [-0.15, -0.1) is 0 Å². The maximum atomic E-state index is 13.5. The number of rotatable bonds is 3. The van der Waals surface area contributed by atoms with Crippen molar-refractivity contribution in [2.24, 2.45) is 5.73 Å². The molecule has 0 unspecified atom stereocenters. The van der Waals surface area contributed by atoms with Crippen molar-refractivity contribution in [1.29, 1.82) is 0 Å². The van der Waals surface area contributed by atoms with Crippen molar-refractivity contribution < 1.29 is 8.78 Å². The zero-order valence-electron chi connectivity index (χ0n) is 9.58. The van der Waals surface area contributed by atoms with Crippen LogP contribution in [-0.2, 0) is 0 Å². The first kappa shape index (κ1) is 13.9. The largest absolute Gasteiger partial charge is 0.389 e. The number of hydrogen-bond donors (Lipinski definition) is 2. The Balaban J connectivity index is 2.29. The number of halogens is 3. The monoisotopic (exact) mass is 342 g/mol. The van der Waals surface area contributed by atoms with Crippen LogP contribution in [-0.4, -0.2) is 4.99 Å². The highest BCUT2D eigenvalue weighted by atomic mass is 79.9. The lowest BCUT2D eigenvalue weighted by Crippen LogP contribution is -2.10. The van der Waals surface area contributed by atoms with Crippen LogP contribution >= 0.6 is 28.1 Å². The summed E-state index contributed by atoms with van der Waals surface area (Å²) in [6, 6.07) is 8.49. The molecule has 0 aliphatic rings. The fourth-order valence-corrected chi connectivity index (χ4v) is 2.44. The molecule has 0 radical (unpaired) electrons. The van der Waals surface area contributed by atoms with E-state index in [0.717, 1.165) is 6.07 Å². The van der Waals surface area contributed by atoms with E-state index in [1.54, 1.807) is 18.2 Å². The van der Waals surface area contributed by atoms with Crippen LogP contribution in [0, 0.1) is 11.6 Å². The Morgan fingerprint density at radius 3 is 2.47 bits per heavy atom. The summed E-state index contributed by atoms with van der Waals surface area (Å²) >= 11 is 8.21. The molecule has 0 atom stereocenters. The van der Waals surface area contributed by atoms with Gasteiger partial charge in [0.1, 0.15) is 16.6 Å². The molecule has 0 spiro atoms. The van der Waals surface area contributed by atoms with Gasteiger partial charge in [0.05, 0.1) is 5.69 Å². The van der Waals surface area contributed by atoms with E-state index in [4.69, 9.17) is 18.0 Å². The number of benzene rings is 2. The van der Waals surface area contributed by atoms with Gasteiger partial charge in [-0.3, -0.25) is 0 Å². The van der Waals surface area contributed by atoms with Crippen LogP contribution in [0.25, 0.3) is 0 Å². The minimum absolute atomic E-state index is 0.191. The van der Waals surface area contributed by atoms with Crippen LogP contribution in [0.3, 0.4) is 0 Å². The minimum Gasteiger partial charge on any atom is -0.389 e. The molecule has 0 aliphatic carbocycles. The normalized spacial score (nSPS) is 10.3. The van der Waals surface area contributed by atoms with E-state index >= 15 is 0 Å². The van der Waals surface area contributed by atoms with Gasteiger partial charge in [-0.1, -0.05) is 12.2 Å². The van der Waals surface area contributed by atoms with Crippen LogP contribution in [0.4, 0.5) is 20.2 Å². The average Bonchev–Trinajstić information content (AvgIpc) is 2.32. The van der Waals surface area contributed by atoms with Gasteiger partial charge < -0.3 is 11.1 Å². The highest BCUT2D eigenvalue weighted by Crippen LogP contribution is 2.25. The van der Waals surface area contributed by atoms with Crippen molar-refractivity contribution in [3.8, 4) is 0 Å². The van der Waals surface area contributed by atoms with Crippen LogP contribution in [0.5, 0.6) is 0 Å². The maximum Gasteiger partial charge on any atom is 0.149 e. The highest BCUT2D eigenvalue weighted by molar-refractivity contribution is 9.10. The van der Waals surface area contributed by atoms with E-state index < -0.39 is 11.6 Å². The second kappa shape index (κ2) is 5.63. The van der Waals surface area contributed by atoms with Gasteiger partial charge in [0, 0.05) is 21.8 Å². The van der Waals surface area contributed by atoms with Gasteiger partial charge in [-0.25, -0.2) is 8.78 Å². The van der Waals surface area contributed by atoms with Crippen LogP contribution in [0.15, 0.2) is 40.9 Å². The Morgan fingerprint density at radius 2 is 1.89 bits per heavy atom. The molecule has 2 aromatic rings. The maximum absolute atomic E-state index is 13.5.